The molecule has 0 aromatic carbocycles. The molecule has 0 radical (unpaired) electrons. The first kappa shape index (κ1) is 18.4. The van der Waals surface area contributed by atoms with Crippen LogP contribution in [-0.2, 0) is 6.18 Å². The molecule has 2 aromatic rings. The van der Waals surface area contributed by atoms with Crippen LogP contribution < -0.4 is 15.0 Å². The second-order valence-electron chi connectivity index (χ2n) is 6.12. The molecule has 0 aliphatic carbocycles. The predicted octanol–water partition coefficient (Wildman–Crippen LogP) is 2.43. The molecular formula is C16H20F3N5O2. The van der Waals surface area contributed by atoms with E-state index in [0.717, 1.165) is 38.2 Å². The van der Waals surface area contributed by atoms with Gasteiger partial charge in [-0.25, -0.2) is 9.61 Å². The van der Waals surface area contributed by atoms with Crippen LogP contribution in [0.3, 0.4) is 0 Å². The third kappa shape index (κ3) is 4.63. The Morgan fingerprint density at radius 3 is 2.62 bits per heavy atom. The van der Waals surface area contributed by atoms with Gasteiger partial charge in [-0.05, 0) is 37.1 Å². The Balaban J connectivity index is 1.39. The van der Waals surface area contributed by atoms with E-state index in [1.807, 2.05) is 4.90 Å². The monoisotopic (exact) mass is 371 g/mol. The fourth-order valence-corrected chi connectivity index (χ4v) is 2.82. The maximum Gasteiger partial charge on any atom is 0.417 e. The van der Waals surface area contributed by atoms with Crippen molar-refractivity contribution < 1.29 is 22.5 Å². The lowest BCUT2D eigenvalue weighted by atomic mass is 10.1. The van der Waals surface area contributed by atoms with Crippen molar-refractivity contribution in [1.29, 1.82) is 0 Å². The van der Waals surface area contributed by atoms with Gasteiger partial charge in [0.2, 0.25) is 0 Å². The summed E-state index contributed by atoms with van der Waals surface area (Å²) < 4.78 is 47.8. The van der Waals surface area contributed by atoms with Gasteiger partial charge in [-0.3, -0.25) is 0 Å². The van der Waals surface area contributed by atoms with Gasteiger partial charge in [-0.1, -0.05) is 5.16 Å². The van der Waals surface area contributed by atoms with Crippen LogP contribution in [0.5, 0.6) is 5.88 Å². The molecule has 1 saturated heterocycles. The molecule has 1 fully saturated rings. The number of aromatic nitrogens is 3. The number of piperidine rings is 1. The smallest absolute Gasteiger partial charge is 0.417 e. The molecule has 3 rings (SSSR count). The Morgan fingerprint density at radius 2 is 2.04 bits per heavy atom. The summed E-state index contributed by atoms with van der Waals surface area (Å²) in [6.45, 7) is 4.35. The minimum atomic E-state index is -4.36. The first-order valence-electron chi connectivity index (χ1n) is 8.37. The van der Waals surface area contributed by atoms with Crippen LogP contribution in [-0.4, -0.2) is 47.6 Å². The molecule has 1 aliphatic heterocycles. The van der Waals surface area contributed by atoms with Gasteiger partial charge in [0.15, 0.2) is 0 Å². The van der Waals surface area contributed by atoms with Gasteiger partial charge < -0.3 is 15.0 Å². The zero-order chi connectivity index (χ0) is 18.6. The number of nitrogens with one attached hydrogen (secondary N) is 1. The van der Waals surface area contributed by atoms with Crippen molar-refractivity contribution in [3.63, 3.8) is 0 Å². The van der Waals surface area contributed by atoms with Gasteiger partial charge in [-0.15, -0.1) is 0 Å². The molecule has 1 aliphatic rings. The van der Waals surface area contributed by atoms with E-state index >= 15 is 0 Å². The molecule has 1 N–H and O–H groups in total. The Morgan fingerprint density at radius 1 is 1.27 bits per heavy atom. The average molecular weight is 371 g/mol. The van der Waals surface area contributed by atoms with Crippen molar-refractivity contribution in [2.45, 2.75) is 32.0 Å². The highest BCUT2D eigenvalue weighted by Crippen LogP contribution is 2.29. The molecular weight excluding hydrogens is 351 g/mol. The number of aryl methyl sites for hydroxylation is 1. The molecule has 26 heavy (non-hydrogen) atoms. The van der Waals surface area contributed by atoms with Gasteiger partial charge in [0.1, 0.15) is 18.1 Å². The van der Waals surface area contributed by atoms with E-state index in [0.29, 0.717) is 36.6 Å². The molecule has 0 bridgehead atoms. The minimum absolute atomic E-state index is 0.334. The van der Waals surface area contributed by atoms with E-state index in [-0.39, 0.29) is 0 Å². The largest absolute Gasteiger partial charge is 0.473 e. The number of hydrogen-bond donors (Lipinski definition) is 1. The fourth-order valence-electron chi connectivity index (χ4n) is 2.82. The fraction of sp³-hybridized carbons (Fsp3) is 0.562. The molecule has 142 valence electrons. The van der Waals surface area contributed by atoms with Crippen molar-refractivity contribution in [1.82, 2.24) is 20.6 Å². The van der Waals surface area contributed by atoms with E-state index in [9.17, 15) is 13.2 Å². The SMILES string of the molecule is Cc1nonc1OCCNC1CCN(c2ccc(C(F)(F)F)cn2)CC1. The van der Waals surface area contributed by atoms with Crippen molar-refractivity contribution >= 4 is 5.82 Å². The Bertz CT molecular complexity index is 697. The summed E-state index contributed by atoms with van der Waals surface area (Å²) in [5.74, 6) is 0.976. The van der Waals surface area contributed by atoms with E-state index in [1.165, 1.54) is 6.07 Å². The van der Waals surface area contributed by atoms with E-state index < -0.39 is 11.7 Å². The molecule has 2 aromatic heterocycles. The first-order chi connectivity index (χ1) is 12.4. The van der Waals surface area contributed by atoms with E-state index in [2.05, 4.69) is 25.2 Å². The maximum atomic E-state index is 12.6. The lowest BCUT2D eigenvalue weighted by Crippen LogP contribution is -2.43. The summed E-state index contributed by atoms with van der Waals surface area (Å²) in [6, 6.07) is 2.84. The maximum absolute atomic E-state index is 12.6. The highest BCUT2D eigenvalue weighted by molar-refractivity contribution is 5.40. The number of anilines is 1. The molecule has 7 nitrogen and oxygen atoms in total. The van der Waals surface area contributed by atoms with Crippen molar-refractivity contribution in [2.75, 3.05) is 31.1 Å². The number of hydrogen-bond acceptors (Lipinski definition) is 7. The topological polar surface area (TPSA) is 76.3 Å². The summed E-state index contributed by atoms with van der Waals surface area (Å²) in [6.07, 6.45) is -1.71. The number of rotatable bonds is 6. The number of nitrogens with zero attached hydrogens (tertiary/aromatic N) is 4. The average Bonchev–Trinajstić information content (AvgIpc) is 3.04. The summed E-state index contributed by atoms with van der Waals surface area (Å²) >= 11 is 0. The highest BCUT2D eigenvalue weighted by atomic mass is 19.4. The van der Waals surface area contributed by atoms with Gasteiger partial charge in [0.05, 0.1) is 5.56 Å². The summed E-state index contributed by atoms with van der Waals surface area (Å²) in [5.41, 5.74) is -0.113. The first-order valence-corrected chi connectivity index (χ1v) is 8.37. The lowest BCUT2D eigenvalue weighted by Gasteiger charge is -2.33. The van der Waals surface area contributed by atoms with E-state index in [1.54, 1.807) is 6.92 Å². The van der Waals surface area contributed by atoms with Crippen molar-refractivity contribution in [2.24, 2.45) is 0 Å². The van der Waals surface area contributed by atoms with Crippen LogP contribution in [0.2, 0.25) is 0 Å². The van der Waals surface area contributed by atoms with Crippen molar-refractivity contribution in [3.05, 3.63) is 29.6 Å². The van der Waals surface area contributed by atoms with Gasteiger partial charge in [0.25, 0.3) is 5.88 Å². The van der Waals surface area contributed by atoms with Crippen molar-refractivity contribution in [3.8, 4) is 5.88 Å². The Labute approximate surface area is 148 Å². The van der Waals surface area contributed by atoms with Gasteiger partial charge >= 0.3 is 6.18 Å². The molecule has 0 spiro atoms. The third-order valence-corrected chi connectivity index (χ3v) is 4.28. The van der Waals surface area contributed by atoms with Crippen LogP contribution in [0.1, 0.15) is 24.1 Å². The van der Waals surface area contributed by atoms with Crippen LogP contribution in [0.25, 0.3) is 0 Å². The van der Waals surface area contributed by atoms with E-state index in [4.69, 9.17) is 4.74 Å². The molecule has 3 heterocycles. The number of pyridine rings is 1. The standard InChI is InChI=1S/C16H20F3N5O2/c1-11-15(23-26-22-11)25-9-6-20-13-4-7-24(8-5-13)14-3-2-12(10-21-14)16(17,18)19/h2-3,10,13,20H,4-9H2,1H3. The molecule has 10 heteroatoms. The normalized spacial score (nSPS) is 16.1. The summed E-state index contributed by atoms with van der Waals surface area (Å²) in [7, 11) is 0. The highest BCUT2D eigenvalue weighted by Gasteiger charge is 2.31. The zero-order valence-electron chi connectivity index (χ0n) is 14.3. The summed E-state index contributed by atoms with van der Waals surface area (Å²) in [5, 5.41) is 10.7. The van der Waals surface area contributed by atoms with Gasteiger partial charge in [0, 0.05) is 31.9 Å². The number of ether oxygens (including phenoxy) is 1. The Hall–Kier alpha value is -2.36. The van der Waals surface area contributed by atoms with Crippen LogP contribution in [0.15, 0.2) is 23.0 Å². The number of halogens is 3. The third-order valence-electron chi connectivity index (χ3n) is 4.28. The quantitative estimate of drug-likeness (QED) is 0.782. The second kappa shape index (κ2) is 7.90. The minimum Gasteiger partial charge on any atom is -0.473 e. The van der Waals surface area contributed by atoms with Crippen LogP contribution >= 0.6 is 0 Å². The predicted molar refractivity (Wildman–Crippen MR) is 87.0 cm³/mol. The molecule has 0 amide bonds. The number of alkyl halides is 3. The molecule has 0 saturated carbocycles. The molecule has 0 unspecified atom stereocenters. The second-order valence-corrected chi connectivity index (χ2v) is 6.12. The zero-order valence-corrected chi connectivity index (χ0v) is 14.3. The van der Waals surface area contributed by atoms with Gasteiger partial charge in [-0.2, -0.15) is 13.2 Å². The Kier molecular flexibility index (Phi) is 5.60. The summed E-state index contributed by atoms with van der Waals surface area (Å²) in [4.78, 5) is 5.95. The van der Waals surface area contributed by atoms with Crippen LogP contribution in [0.4, 0.5) is 19.0 Å². The van der Waals surface area contributed by atoms with Crippen LogP contribution in [0, 0.1) is 6.92 Å². The lowest BCUT2D eigenvalue weighted by molar-refractivity contribution is -0.137. The molecule has 0 atom stereocenters.